The summed E-state index contributed by atoms with van der Waals surface area (Å²) in [4.78, 5) is 11.9. The third-order valence-corrected chi connectivity index (χ3v) is 11.8. The average Bonchev–Trinajstić information content (AvgIpc) is 3.23. The molecule has 0 aromatic heterocycles. The highest BCUT2D eigenvalue weighted by Gasteiger charge is 2.47. The number of rotatable bonds is 7. The number of alkyl halides is 24. The Morgan fingerprint density at radius 3 is 0.795 bits per heavy atom. The molecule has 0 atom stereocenters. The third kappa shape index (κ3) is 13.4. The second kappa shape index (κ2) is 19.7. The minimum absolute atomic E-state index is 0.171. The fraction of sp³-hybridized carbons (Fsp3) is 0.239. The van der Waals surface area contributed by atoms with Gasteiger partial charge in [0.15, 0.2) is 5.75 Å². The second-order valence-corrected chi connectivity index (χ2v) is 18.6. The summed E-state index contributed by atoms with van der Waals surface area (Å²) in [5, 5.41) is 2.33. The van der Waals surface area contributed by atoms with Gasteiger partial charge in [-0.1, -0.05) is 84.9 Å². The van der Waals surface area contributed by atoms with E-state index in [0.717, 1.165) is 10.9 Å². The van der Waals surface area contributed by atoms with Crippen LogP contribution in [0.25, 0.3) is 10.8 Å². The molecular weight excluding hydrogens is 1070 g/mol. The third-order valence-electron chi connectivity index (χ3n) is 10.9. The van der Waals surface area contributed by atoms with E-state index in [1.165, 1.54) is 5.39 Å². The molecule has 6 aromatic rings. The summed E-state index contributed by atoms with van der Waals surface area (Å²) in [7, 11) is 0.171. The van der Waals surface area contributed by atoms with Crippen molar-refractivity contribution < 1.29 is 110 Å². The zero-order valence-electron chi connectivity index (χ0n) is 36.1. The Bertz CT molecular complexity index is 2550. The van der Waals surface area contributed by atoms with Crippen LogP contribution in [0.15, 0.2) is 115 Å². The van der Waals surface area contributed by atoms with Crippen molar-refractivity contribution in [2.24, 2.45) is 0 Å². The molecule has 0 N–H and O–H groups in total. The summed E-state index contributed by atoms with van der Waals surface area (Å²) in [6, 6.07) is 5.25. The van der Waals surface area contributed by atoms with Crippen LogP contribution < -0.4 is 21.9 Å². The van der Waals surface area contributed by atoms with Gasteiger partial charge in [0.25, 0.3) is 0 Å². The first-order valence-electron chi connectivity index (χ1n) is 19.8. The maximum atomic E-state index is 14.2. The van der Waals surface area contributed by atoms with Gasteiger partial charge in [-0.3, -0.25) is 4.79 Å². The molecule has 0 bridgehead atoms. The molecule has 0 aliphatic carbocycles. The van der Waals surface area contributed by atoms with Gasteiger partial charge >= 0.3 is 49.4 Å². The number of Topliss-reactive ketones (excluding diaryl/α,β-unsaturated/α-hetero) is 1. The summed E-state index contributed by atoms with van der Waals surface area (Å²) in [5.41, 5.74) is -29.4. The van der Waals surface area contributed by atoms with Crippen molar-refractivity contribution in [3.05, 3.63) is 165 Å². The van der Waals surface area contributed by atoms with E-state index >= 15 is 0 Å². The van der Waals surface area contributed by atoms with Crippen molar-refractivity contribution in [2.75, 3.05) is 18.3 Å². The van der Waals surface area contributed by atoms with Crippen molar-refractivity contribution in [1.82, 2.24) is 0 Å². The largest absolute Gasteiger partial charge is 0.416 e. The molecule has 0 heterocycles. The first kappa shape index (κ1) is 57.9. The zero-order chi connectivity index (χ0) is 55.5. The van der Waals surface area contributed by atoms with Crippen LogP contribution in [0.3, 0.4) is 0 Å². The topological polar surface area (TPSA) is 17.1 Å². The number of carbonyl (C=O) groups excluding carboxylic acids is 1. The van der Waals surface area contributed by atoms with Gasteiger partial charge in [-0.05, 0) is 52.0 Å². The minimum Gasteiger partial charge on any atom is -0.289 e. The number of benzene rings is 6. The highest BCUT2D eigenvalue weighted by atomic mass is 32.2. The molecule has 0 aliphatic heterocycles. The summed E-state index contributed by atoms with van der Waals surface area (Å²) in [6.45, 7) is 0. The summed E-state index contributed by atoms with van der Waals surface area (Å²) >= 11 is 0. The van der Waals surface area contributed by atoms with E-state index in [1.54, 1.807) is 0 Å². The first-order valence-corrected chi connectivity index (χ1v) is 22.1. The van der Waals surface area contributed by atoms with Crippen LogP contribution >= 0.6 is 0 Å². The smallest absolute Gasteiger partial charge is 0.289 e. The Morgan fingerprint density at radius 2 is 0.575 bits per heavy atom. The van der Waals surface area contributed by atoms with Crippen molar-refractivity contribution in [3.63, 3.8) is 0 Å². The Balaban J connectivity index is 0.000000520. The molecule has 73 heavy (non-hydrogen) atoms. The van der Waals surface area contributed by atoms with Gasteiger partial charge in [-0.25, -0.2) is 0 Å². The number of halogens is 24. The first-order chi connectivity index (χ1) is 32.9. The lowest BCUT2D eigenvalue weighted by Crippen LogP contribution is -2.75. The molecule has 0 spiro atoms. The molecule has 0 radical (unpaired) electrons. The van der Waals surface area contributed by atoms with Crippen LogP contribution in [0, 0.1) is 0 Å². The van der Waals surface area contributed by atoms with Gasteiger partial charge in [-0.2, -0.15) is 127 Å². The molecule has 0 amide bonds. The quantitative estimate of drug-likeness (QED) is 0.0674. The van der Waals surface area contributed by atoms with Crippen molar-refractivity contribution in [2.45, 2.75) is 49.4 Å². The zero-order valence-corrected chi connectivity index (χ0v) is 37.0. The highest BCUT2D eigenvalue weighted by molar-refractivity contribution is 7.96. The minimum atomic E-state index is -6.13. The number of hydrogen-bond acceptors (Lipinski definition) is 1. The van der Waals surface area contributed by atoms with Crippen LogP contribution in [0.1, 0.15) is 54.9 Å². The number of ketones is 1. The average molecular weight is 1090 g/mol. The molecule has 0 aliphatic rings. The number of carbonyl (C=O) groups is 1. The van der Waals surface area contributed by atoms with E-state index in [1.807, 2.05) is 36.4 Å². The molecule has 0 saturated heterocycles. The van der Waals surface area contributed by atoms with Crippen molar-refractivity contribution >= 4 is 55.4 Å². The second-order valence-electron chi connectivity index (χ2n) is 16.3. The normalized spacial score (nSPS) is 13.6. The molecule has 0 unspecified atom stereocenters. The van der Waals surface area contributed by atoms with E-state index in [4.69, 9.17) is 0 Å². The van der Waals surface area contributed by atoms with E-state index in [0.29, 0.717) is 5.75 Å². The SMILES string of the molecule is C[S+](C)CC(=O)c1ccc2ccccc2c1.FC(F)(F)c1cc([B-](c2cc(C(F)(F)F)cc(C(F)(F)F)c2)(c2cc(C(F)(F)F)cc(C(F)(F)F)c2)c2cc(C(F)(F)F)cc(C(F)(F)F)c2)cc(C(F)(F)F)c1. The van der Waals surface area contributed by atoms with Crippen LogP contribution in [0.5, 0.6) is 0 Å². The number of fused-ring (bicyclic) bond motifs is 1. The van der Waals surface area contributed by atoms with Gasteiger partial charge in [0, 0.05) is 5.56 Å². The maximum absolute atomic E-state index is 14.2. The van der Waals surface area contributed by atoms with Gasteiger partial charge in [0.05, 0.1) is 57.0 Å². The monoisotopic (exact) mass is 1090 g/mol. The van der Waals surface area contributed by atoms with E-state index in [9.17, 15) is 110 Å². The Morgan fingerprint density at radius 1 is 0.342 bits per heavy atom. The lowest BCUT2D eigenvalue weighted by molar-refractivity contribution is -0.144. The van der Waals surface area contributed by atoms with Gasteiger partial charge in [-0.15, -0.1) is 0 Å². The van der Waals surface area contributed by atoms with Crippen LogP contribution in [0.4, 0.5) is 105 Å². The van der Waals surface area contributed by atoms with E-state index < -0.39 is 195 Å². The summed E-state index contributed by atoms with van der Waals surface area (Å²) < 4.78 is 341. The molecular formula is C46H27BF24OS. The van der Waals surface area contributed by atoms with Crippen LogP contribution in [0.2, 0.25) is 0 Å². The molecule has 6 rings (SSSR count). The predicted molar refractivity (Wildman–Crippen MR) is 222 cm³/mol. The number of hydrogen-bond donors (Lipinski definition) is 0. The molecule has 0 fully saturated rings. The van der Waals surface area contributed by atoms with Crippen molar-refractivity contribution in [3.8, 4) is 0 Å². The van der Waals surface area contributed by atoms with E-state index in [-0.39, 0.29) is 16.7 Å². The Kier molecular flexibility index (Phi) is 15.6. The maximum Gasteiger partial charge on any atom is 0.416 e. The lowest BCUT2D eigenvalue weighted by Gasteiger charge is -2.46. The predicted octanol–water partition coefficient (Wildman–Crippen LogP) is 14.1. The van der Waals surface area contributed by atoms with Crippen LogP contribution in [-0.2, 0) is 60.3 Å². The highest BCUT2D eigenvalue weighted by Crippen LogP contribution is 2.41. The van der Waals surface area contributed by atoms with E-state index in [2.05, 4.69) is 18.6 Å². The van der Waals surface area contributed by atoms with Gasteiger partial charge < -0.3 is 0 Å². The molecule has 6 aromatic carbocycles. The van der Waals surface area contributed by atoms with Crippen LogP contribution in [-0.4, -0.2) is 30.2 Å². The summed E-state index contributed by atoms with van der Waals surface area (Å²) in [5.74, 6) is 0.900. The standard InChI is InChI=1S/C32H12BF24.C14H15OS/c34-25(35,36)13-1-14(26(37,38)39)6-21(5-13)33(22-7-15(27(40,41)42)2-16(8-22)28(43,44)45,23-9-17(29(46,47)48)3-18(10-23)30(49,50)51)24-11-19(31(52,53)54)4-20(12-24)32(55,56)57;1-16(2)10-14(15)13-8-7-11-5-3-4-6-12(11)9-13/h1-12H;3-9H,10H2,1-2H3/q-1;+1. The fourth-order valence-electron chi connectivity index (χ4n) is 7.78. The van der Waals surface area contributed by atoms with Crippen molar-refractivity contribution in [1.29, 1.82) is 0 Å². The molecule has 394 valence electrons. The molecule has 1 nitrogen and oxygen atoms in total. The Labute approximate surface area is 398 Å². The van der Waals surface area contributed by atoms with Gasteiger partial charge in [0.2, 0.25) is 5.78 Å². The molecule has 0 saturated carbocycles. The summed E-state index contributed by atoms with van der Waals surface area (Å²) in [6.07, 6.45) is -50.6. The fourth-order valence-corrected chi connectivity index (χ4v) is 8.47. The molecule has 27 heteroatoms. The Hall–Kier alpha value is -6.02. The lowest BCUT2D eigenvalue weighted by atomic mass is 9.12. The van der Waals surface area contributed by atoms with Gasteiger partial charge in [0.1, 0.15) is 6.15 Å².